The Hall–Kier alpha value is -2.32. The lowest BCUT2D eigenvalue weighted by molar-refractivity contribution is 0.0980. The summed E-state index contributed by atoms with van der Waals surface area (Å²) >= 11 is 5.91. The van der Waals surface area contributed by atoms with Gasteiger partial charge < -0.3 is 4.42 Å². The number of aromatic nitrogens is 2. The molecule has 0 saturated carbocycles. The first-order chi connectivity index (χ1) is 10.4. The van der Waals surface area contributed by atoms with Gasteiger partial charge in [0.25, 0.3) is 15.9 Å². The minimum Gasteiger partial charge on any atom is -0.469 e. The van der Waals surface area contributed by atoms with Crippen molar-refractivity contribution in [3.05, 3.63) is 53.2 Å². The highest BCUT2D eigenvalue weighted by Crippen LogP contribution is 2.22. The Morgan fingerprint density at radius 1 is 1.36 bits per heavy atom. The molecule has 0 aliphatic carbocycles. The molecule has 0 spiro atoms. The van der Waals surface area contributed by atoms with E-state index in [1.54, 1.807) is 25.1 Å². The van der Waals surface area contributed by atoms with Gasteiger partial charge in [0.2, 0.25) is 0 Å². The molecule has 0 aliphatic heterocycles. The highest BCUT2D eigenvalue weighted by Gasteiger charge is 2.27. The molecule has 3 aromatic heterocycles. The van der Waals surface area contributed by atoms with E-state index in [0.717, 1.165) is 0 Å². The van der Waals surface area contributed by atoms with E-state index < -0.39 is 15.9 Å². The van der Waals surface area contributed by atoms with Gasteiger partial charge in [0.1, 0.15) is 11.4 Å². The van der Waals surface area contributed by atoms with Gasteiger partial charge in [-0.25, -0.2) is 9.71 Å². The largest absolute Gasteiger partial charge is 0.469 e. The van der Waals surface area contributed by atoms with Crippen LogP contribution in [0, 0.1) is 6.92 Å². The van der Waals surface area contributed by atoms with Crippen molar-refractivity contribution in [2.75, 3.05) is 0 Å². The molecule has 0 aliphatic rings. The first kappa shape index (κ1) is 14.6. The molecule has 114 valence electrons. The number of imidazole rings is 1. The third kappa shape index (κ3) is 2.36. The number of furan rings is 1. The van der Waals surface area contributed by atoms with Crippen LogP contribution in [-0.4, -0.2) is 23.7 Å². The van der Waals surface area contributed by atoms with Gasteiger partial charge in [-0.1, -0.05) is 17.7 Å². The Morgan fingerprint density at radius 3 is 2.82 bits per heavy atom. The Morgan fingerprint density at radius 2 is 2.14 bits per heavy atom. The molecule has 0 unspecified atom stereocenters. The number of fused-ring (bicyclic) bond motifs is 1. The van der Waals surface area contributed by atoms with Crippen molar-refractivity contribution < 1.29 is 17.6 Å². The lowest BCUT2D eigenvalue weighted by Crippen LogP contribution is -2.31. The SMILES string of the molecule is Cc1occc1C(=O)NS(=O)(=O)c1c(Cl)nc2ccccn12. The number of pyridine rings is 1. The van der Waals surface area contributed by atoms with E-state index in [1.807, 2.05) is 4.72 Å². The molecule has 0 bridgehead atoms. The van der Waals surface area contributed by atoms with Gasteiger partial charge in [0, 0.05) is 6.20 Å². The van der Waals surface area contributed by atoms with Crippen LogP contribution >= 0.6 is 11.6 Å². The lowest BCUT2D eigenvalue weighted by atomic mass is 10.2. The van der Waals surface area contributed by atoms with Crippen molar-refractivity contribution in [3.8, 4) is 0 Å². The fourth-order valence-electron chi connectivity index (χ4n) is 2.03. The Balaban J connectivity index is 2.04. The van der Waals surface area contributed by atoms with Crippen molar-refractivity contribution in [1.82, 2.24) is 14.1 Å². The number of aryl methyl sites for hydroxylation is 1. The molecule has 0 saturated heterocycles. The van der Waals surface area contributed by atoms with Crippen LogP contribution in [0.25, 0.3) is 5.65 Å². The summed E-state index contributed by atoms with van der Waals surface area (Å²) in [4.78, 5) is 16.0. The number of carbonyl (C=O) groups is 1. The van der Waals surface area contributed by atoms with Crippen molar-refractivity contribution >= 4 is 33.2 Å². The zero-order valence-corrected chi connectivity index (χ0v) is 12.9. The number of sulfonamides is 1. The topological polar surface area (TPSA) is 93.7 Å². The number of nitrogens with one attached hydrogen (secondary N) is 1. The number of rotatable bonds is 3. The molecule has 0 atom stereocenters. The Labute approximate surface area is 130 Å². The van der Waals surface area contributed by atoms with Gasteiger partial charge in [-0.3, -0.25) is 9.20 Å². The average molecular weight is 340 g/mol. The van der Waals surface area contributed by atoms with Crippen molar-refractivity contribution in [1.29, 1.82) is 0 Å². The number of amides is 1. The summed E-state index contributed by atoms with van der Waals surface area (Å²) in [6.45, 7) is 1.56. The first-order valence-electron chi connectivity index (χ1n) is 6.14. The maximum Gasteiger partial charge on any atom is 0.283 e. The molecular weight excluding hydrogens is 330 g/mol. The van der Waals surface area contributed by atoms with Crippen molar-refractivity contribution in [2.45, 2.75) is 11.9 Å². The van der Waals surface area contributed by atoms with Crippen LogP contribution in [0.4, 0.5) is 0 Å². The Kier molecular flexibility index (Phi) is 3.42. The van der Waals surface area contributed by atoms with Crippen molar-refractivity contribution in [2.24, 2.45) is 0 Å². The fourth-order valence-corrected chi connectivity index (χ4v) is 3.64. The predicted molar refractivity (Wildman–Crippen MR) is 78.3 cm³/mol. The van der Waals surface area contributed by atoms with Crippen LogP contribution in [0.5, 0.6) is 0 Å². The zero-order valence-electron chi connectivity index (χ0n) is 11.3. The van der Waals surface area contributed by atoms with Crippen LogP contribution in [-0.2, 0) is 10.0 Å². The molecule has 9 heteroatoms. The minimum absolute atomic E-state index is 0.133. The van der Waals surface area contributed by atoms with Gasteiger partial charge in [0.15, 0.2) is 10.2 Å². The maximum absolute atomic E-state index is 12.4. The highest BCUT2D eigenvalue weighted by molar-refractivity contribution is 7.90. The van der Waals surface area contributed by atoms with Crippen LogP contribution in [0.1, 0.15) is 16.1 Å². The second kappa shape index (κ2) is 5.15. The minimum atomic E-state index is -4.19. The lowest BCUT2D eigenvalue weighted by Gasteiger charge is -2.06. The van der Waals surface area contributed by atoms with Gasteiger partial charge >= 0.3 is 0 Å². The third-order valence-corrected chi connectivity index (χ3v) is 4.76. The molecule has 3 aromatic rings. The van der Waals surface area contributed by atoms with Gasteiger partial charge in [-0.2, -0.15) is 8.42 Å². The molecule has 3 heterocycles. The Bertz CT molecular complexity index is 974. The third-order valence-electron chi connectivity index (χ3n) is 3.03. The van der Waals surface area contributed by atoms with E-state index >= 15 is 0 Å². The molecule has 22 heavy (non-hydrogen) atoms. The molecule has 1 N–H and O–H groups in total. The number of carbonyl (C=O) groups excluding carboxylic acids is 1. The first-order valence-corrected chi connectivity index (χ1v) is 8.00. The summed E-state index contributed by atoms with van der Waals surface area (Å²) in [6.07, 6.45) is 2.80. The van der Waals surface area contributed by atoms with Gasteiger partial charge in [-0.15, -0.1) is 0 Å². The van der Waals surface area contributed by atoms with E-state index in [2.05, 4.69) is 4.98 Å². The highest BCUT2D eigenvalue weighted by atomic mass is 35.5. The summed E-state index contributed by atoms with van der Waals surface area (Å²) in [5.41, 5.74) is 0.494. The van der Waals surface area contributed by atoms with Crippen LogP contribution < -0.4 is 4.72 Å². The van der Waals surface area contributed by atoms with Crippen LogP contribution in [0.15, 0.2) is 46.2 Å². The zero-order chi connectivity index (χ0) is 15.9. The number of hydrogen-bond acceptors (Lipinski definition) is 5. The summed E-state index contributed by atoms with van der Waals surface area (Å²) in [5.74, 6) is -0.481. The number of hydrogen-bond donors (Lipinski definition) is 1. The number of nitrogens with zero attached hydrogens (tertiary/aromatic N) is 2. The molecule has 3 rings (SSSR count). The fraction of sp³-hybridized carbons (Fsp3) is 0.0769. The predicted octanol–water partition coefficient (Wildman–Crippen LogP) is 2.01. The van der Waals surface area contributed by atoms with E-state index in [0.29, 0.717) is 11.4 Å². The quantitative estimate of drug-likeness (QED) is 0.787. The molecule has 0 fully saturated rings. The van der Waals surface area contributed by atoms with Crippen molar-refractivity contribution in [3.63, 3.8) is 0 Å². The maximum atomic E-state index is 12.4. The summed E-state index contributed by atoms with van der Waals surface area (Å²) in [5, 5.41) is -0.505. The molecular formula is C13H10ClN3O4S. The standard InChI is InChI=1S/C13H10ClN3O4S/c1-8-9(5-7-21-8)12(18)16-22(19,20)13-11(14)15-10-4-2-3-6-17(10)13/h2-7H,1H3,(H,16,18). The van der Waals surface area contributed by atoms with Gasteiger partial charge in [0.05, 0.1) is 11.8 Å². The monoisotopic (exact) mass is 339 g/mol. The van der Waals surface area contributed by atoms with E-state index in [-0.39, 0.29) is 15.7 Å². The van der Waals surface area contributed by atoms with E-state index in [9.17, 15) is 13.2 Å². The second-order valence-corrected chi connectivity index (χ2v) is 6.42. The second-order valence-electron chi connectivity index (χ2n) is 4.46. The normalized spacial score (nSPS) is 11.7. The van der Waals surface area contributed by atoms with Crippen LogP contribution in [0.2, 0.25) is 5.15 Å². The molecule has 0 radical (unpaired) electrons. The smallest absolute Gasteiger partial charge is 0.283 e. The van der Waals surface area contributed by atoms with Crippen LogP contribution in [0.3, 0.4) is 0 Å². The van der Waals surface area contributed by atoms with E-state index in [4.69, 9.17) is 16.0 Å². The summed E-state index contributed by atoms with van der Waals surface area (Å²) < 4.78 is 33.1. The average Bonchev–Trinajstić information content (AvgIpc) is 3.00. The van der Waals surface area contributed by atoms with Gasteiger partial charge in [-0.05, 0) is 25.1 Å². The molecule has 7 nitrogen and oxygen atoms in total. The summed E-state index contributed by atoms with van der Waals surface area (Å²) in [6, 6.07) is 6.32. The molecule has 0 aromatic carbocycles. The number of halogens is 1. The van der Waals surface area contributed by atoms with E-state index in [1.165, 1.54) is 22.9 Å². The molecule has 1 amide bonds. The summed E-state index contributed by atoms with van der Waals surface area (Å²) in [7, 11) is -4.19.